The zero-order valence-corrected chi connectivity index (χ0v) is 21.1. The number of benzene rings is 2. The summed E-state index contributed by atoms with van der Waals surface area (Å²) in [6.45, 7) is 6.18. The lowest BCUT2D eigenvalue weighted by atomic mass is 9.81. The highest BCUT2D eigenvalue weighted by atomic mass is 35.5. The molecule has 1 aliphatic carbocycles. The number of nitrogens with zero attached hydrogens (tertiary/aromatic N) is 3. The van der Waals surface area contributed by atoms with Gasteiger partial charge < -0.3 is 19.5 Å². The molecule has 5 nitrogen and oxygen atoms in total. The number of carboxylic acid groups (broad SMARTS) is 1. The van der Waals surface area contributed by atoms with Crippen molar-refractivity contribution in [3.05, 3.63) is 52.5 Å². The van der Waals surface area contributed by atoms with Crippen molar-refractivity contribution in [3.8, 4) is 11.3 Å². The van der Waals surface area contributed by atoms with Gasteiger partial charge in [0.25, 0.3) is 0 Å². The summed E-state index contributed by atoms with van der Waals surface area (Å²) in [5.74, 6) is -0.354. The van der Waals surface area contributed by atoms with E-state index >= 15 is 0 Å². The Labute approximate surface area is 212 Å². The molecular formula is C29H34ClN3O2. The van der Waals surface area contributed by atoms with E-state index in [1.54, 1.807) is 6.07 Å². The number of halogens is 1. The topological polar surface area (TPSA) is 48.7 Å². The van der Waals surface area contributed by atoms with Crippen LogP contribution in [0.15, 0.2) is 36.4 Å². The Balaban J connectivity index is 1.51. The van der Waals surface area contributed by atoms with Crippen molar-refractivity contribution in [1.82, 2.24) is 9.47 Å². The summed E-state index contributed by atoms with van der Waals surface area (Å²) < 4.78 is 2.41. The van der Waals surface area contributed by atoms with E-state index in [0.29, 0.717) is 11.5 Å². The zero-order valence-electron chi connectivity index (χ0n) is 20.3. The van der Waals surface area contributed by atoms with Crippen molar-refractivity contribution in [3.63, 3.8) is 0 Å². The van der Waals surface area contributed by atoms with Crippen LogP contribution in [0.3, 0.4) is 0 Å². The summed E-state index contributed by atoms with van der Waals surface area (Å²) in [7, 11) is 0. The summed E-state index contributed by atoms with van der Waals surface area (Å²) in [6.07, 6.45) is 8.85. The predicted molar refractivity (Wildman–Crippen MR) is 143 cm³/mol. The Bertz CT molecular complexity index is 1250. The van der Waals surface area contributed by atoms with Gasteiger partial charge in [-0.3, -0.25) is 0 Å². The van der Waals surface area contributed by atoms with Gasteiger partial charge in [0.2, 0.25) is 0 Å². The monoisotopic (exact) mass is 491 g/mol. The largest absolute Gasteiger partial charge is 0.478 e. The number of carboxylic acids is 1. The summed E-state index contributed by atoms with van der Waals surface area (Å²) in [5.41, 5.74) is 6.57. The molecule has 35 heavy (non-hydrogen) atoms. The zero-order chi connectivity index (χ0) is 23.9. The first-order valence-corrected chi connectivity index (χ1v) is 13.6. The molecule has 1 saturated heterocycles. The second-order valence-corrected chi connectivity index (χ2v) is 10.9. The molecule has 0 atom stereocenters. The standard InChI is InChI=1S/C29H34ClN3O2/c30-22-9-11-24-25(19-22)32(15-14-31-12-4-5-13-31)16-17-33-26-18-21(29(34)35)8-10-23(26)27(28(24)33)20-6-2-1-3-7-20/h8-11,18-20H,1-7,12-17H2,(H,34,35). The molecule has 0 amide bonds. The molecule has 6 rings (SSSR count). The number of anilines is 1. The number of hydrogen-bond donors (Lipinski definition) is 1. The maximum absolute atomic E-state index is 11.9. The lowest BCUT2D eigenvalue weighted by Gasteiger charge is -2.28. The van der Waals surface area contributed by atoms with Crippen LogP contribution in [0.4, 0.5) is 5.69 Å². The van der Waals surface area contributed by atoms with Crippen LogP contribution in [0, 0.1) is 0 Å². The van der Waals surface area contributed by atoms with Gasteiger partial charge in [0, 0.05) is 53.4 Å². The van der Waals surface area contributed by atoms with E-state index in [2.05, 4.69) is 32.6 Å². The lowest BCUT2D eigenvalue weighted by Crippen LogP contribution is -2.35. The highest BCUT2D eigenvalue weighted by Gasteiger charge is 2.31. The van der Waals surface area contributed by atoms with Crippen LogP contribution in [0.2, 0.25) is 5.02 Å². The average Bonchev–Trinajstić information content (AvgIpc) is 3.47. The highest BCUT2D eigenvalue weighted by molar-refractivity contribution is 6.31. The van der Waals surface area contributed by atoms with Crippen LogP contribution in [0.5, 0.6) is 0 Å². The Hall–Kier alpha value is -2.50. The fourth-order valence-corrected chi connectivity index (χ4v) is 6.81. The molecule has 0 bridgehead atoms. The smallest absolute Gasteiger partial charge is 0.335 e. The normalized spacial score (nSPS) is 19.1. The van der Waals surface area contributed by atoms with Gasteiger partial charge in [0.1, 0.15) is 0 Å². The quantitative estimate of drug-likeness (QED) is 0.435. The summed E-state index contributed by atoms with van der Waals surface area (Å²) in [6, 6.07) is 12.1. The van der Waals surface area contributed by atoms with Crippen LogP contribution < -0.4 is 4.90 Å². The molecule has 1 aromatic heterocycles. The number of carbonyl (C=O) groups is 1. The predicted octanol–water partition coefficient (Wildman–Crippen LogP) is 6.62. The molecule has 0 radical (unpaired) electrons. The fraction of sp³-hybridized carbons (Fsp3) is 0.483. The second-order valence-electron chi connectivity index (χ2n) is 10.5. The minimum atomic E-state index is -0.866. The highest BCUT2D eigenvalue weighted by Crippen LogP contribution is 2.47. The first-order chi connectivity index (χ1) is 17.1. The van der Waals surface area contributed by atoms with Crippen molar-refractivity contribution in [2.45, 2.75) is 57.4 Å². The Kier molecular flexibility index (Phi) is 6.23. The third-order valence-electron chi connectivity index (χ3n) is 8.40. The molecule has 3 heterocycles. The SMILES string of the molecule is O=C(O)c1ccc2c(C3CCCCC3)c3n(c2c1)CCN(CCN1CCCC1)c1cc(Cl)ccc1-3. The molecule has 3 aromatic rings. The Morgan fingerprint density at radius 3 is 2.49 bits per heavy atom. The molecule has 3 aliphatic rings. The fourth-order valence-electron chi connectivity index (χ4n) is 6.64. The van der Waals surface area contributed by atoms with Crippen LogP contribution in [0.25, 0.3) is 22.2 Å². The molecule has 1 N–H and O–H groups in total. The van der Waals surface area contributed by atoms with E-state index in [4.69, 9.17) is 11.6 Å². The van der Waals surface area contributed by atoms with Gasteiger partial charge in [0.15, 0.2) is 0 Å². The van der Waals surface area contributed by atoms with E-state index < -0.39 is 5.97 Å². The van der Waals surface area contributed by atoms with Crippen molar-refractivity contribution in [2.24, 2.45) is 0 Å². The number of likely N-dealkylation sites (tertiary alicyclic amines) is 1. The number of fused-ring (bicyclic) bond motifs is 5. The number of aromatic nitrogens is 1. The second kappa shape index (κ2) is 9.51. The molecule has 184 valence electrons. The first kappa shape index (κ1) is 22.9. The van der Waals surface area contributed by atoms with E-state index in [-0.39, 0.29) is 0 Å². The van der Waals surface area contributed by atoms with Gasteiger partial charge in [-0.2, -0.15) is 0 Å². The first-order valence-electron chi connectivity index (χ1n) is 13.3. The van der Waals surface area contributed by atoms with Crippen molar-refractivity contribution in [1.29, 1.82) is 0 Å². The van der Waals surface area contributed by atoms with Crippen molar-refractivity contribution >= 4 is 34.2 Å². The maximum Gasteiger partial charge on any atom is 0.335 e. The molecule has 1 saturated carbocycles. The molecular weight excluding hydrogens is 458 g/mol. The summed E-state index contributed by atoms with van der Waals surface area (Å²) in [5, 5.41) is 11.7. The molecule has 2 fully saturated rings. The Morgan fingerprint density at radius 2 is 1.71 bits per heavy atom. The van der Waals surface area contributed by atoms with Gasteiger partial charge in [-0.1, -0.05) is 36.9 Å². The summed E-state index contributed by atoms with van der Waals surface area (Å²) >= 11 is 6.56. The summed E-state index contributed by atoms with van der Waals surface area (Å²) in [4.78, 5) is 16.9. The average molecular weight is 492 g/mol. The molecule has 0 unspecified atom stereocenters. The van der Waals surface area contributed by atoms with Crippen LogP contribution >= 0.6 is 11.6 Å². The van der Waals surface area contributed by atoms with Crippen LogP contribution in [-0.2, 0) is 6.54 Å². The van der Waals surface area contributed by atoms with E-state index in [1.807, 2.05) is 12.1 Å². The molecule has 2 aromatic carbocycles. The Morgan fingerprint density at radius 1 is 0.914 bits per heavy atom. The van der Waals surface area contributed by atoms with Gasteiger partial charge >= 0.3 is 5.97 Å². The van der Waals surface area contributed by atoms with Crippen LogP contribution in [-0.4, -0.2) is 53.3 Å². The van der Waals surface area contributed by atoms with Gasteiger partial charge in [-0.25, -0.2) is 4.79 Å². The van der Waals surface area contributed by atoms with Crippen LogP contribution in [0.1, 0.15) is 66.8 Å². The third kappa shape index (κ3) is 4.23. The molecule has 6 heteroatoms. The van der Waals surface area contributed by atoms with E-state index in [1.165, 1.54) is 85.9 Å². The maximum atomic E-state index is 11.9. The minimum absolute atomic E-state index is 0.361. The third-order valence-corrected chi connectivity index (χ3v) is 8.63. The molecule has 2 aliphatic heterocycles. The van der Waals surface area contributed by atoms with Crippen molar-refractivity contribution in [2.75, 3.05) is 37.6 Å². The minimum Gasteiger partial charge on any atom is -0.478 e. The number of rotatable bonds is 5. The number of aromatic carboxylic acids is 1. The molecule has 0 spiro atoms. The van der Waals surface area contributed by atoms with Gasteiger partial charge in [-0.15, -0.1) is 0 Å². The van der Waals surface area contributed by atoms with E-state index in [0.717, 1.165) is 36.7 Å². The van der Waals surface area contributed by atoms with Gasteiger partial charge in [0.05, 0.1) is 11.3 Å². The lowest BCUT2D eigenvalue weighted by molar-refractivity contribution is 0.0697. The number of hydrogen-bond acceptors (Lipinski definition) is 3. The van der Waals surface area contributed by atoms with Gasteiger partial charge in [-0.05, 0) is 80.6 Å². The van der Waals surface area contributed by atoms with E-state index in [9.17, 15) is 9.90 Å². The van der Waals surface area contributed by atoms with Crippen molar-refractivity contribution < 1.29 is 9.90 Å².